The molecule has 0 saturated carbocycles. The third-order valence-electron chi connectivity index (χ3n) is 8.67. The zero-order chi connectivity index (χ0) is 30.9. The van der Waals surface area contributed by atoms with Crippen LogP contribution in [0.2, 0.25) is 0 Å². The van der Waals surface area contributed by atoms with E-state index in [0.29, 0.717) is 0 Å². The van der Waals surface area contributed by atoms with Gasteiger partial charge in [-0.15, -0.1) is 0 Å². The molecule has 0 aliphatic rings. The Bertz CT molecular complexity index is 2240. The van der Waals surface area contributed by atoms with Crippen LogP contribution in [0, 0.1) is 0 Å². The van der Waals surface area contributed by atoms with Gasteiger partial charge in [-0.25, -0.2) is 0 Å². The highest BCUT2D eigenvalue weighted by molar-refractivity contribution is 9.10. The fourth-order valence-electron chi connectivity index (χ4n) is 6.66. The summed E-state index contributed by atoms with van der Waals surface area (Å²) in [5, 5.41) is 5.04. The number of halogens is 1. The molecule has 218 valence electrons. The zero-order valence-corrected chi connectivity index (χ0v) is 26.7. The van der Waals surface area contributed by atoms with Gasteiger partial charge in [-0.3, -0.25) is 0 Å². The van der Waals surface area contributed by atoms with Crippen molar-refractivity contribution in [1.29, 1.82) is 0 Å². The summed E-state index contributed by atoms with van der Waals surface area (Å²) >= 11 is 3.81. The first-order chi connectivity index (χ1) is 22.7. The molecule has 0 spiro atoms. The predicted molar refractivity (Wildman–Crippen MR) is 200 cm³/mol. The SMILES string of the molecule is Brc1cc(-c2ccccc2)cc(N(c2ccccc2)c2ccc(-c3c4ccccc4c(-c4ccccc4)c4ccccc34)cc2)c1. The fraction of sp³-hybridized carbons (Fsp3) is 0. The zero-order valence-electron chi connectivity index (χ0n) is 25.1. The van der Waals surface area contributed by atoms with Crippen LogP contribution >= 0.6 is 15.9 Å². The Morgan fingerprint density at radius 1 is 0.304 bits per heavy atom. The molecule has 0 aliphatic carbocycles. The van der Waals surface area contributed by atoms with E-state index in [2.05, 4.69) is 203 Å². The molecule has 0 N–H and O–H groups in total. The average Bonchev–Trinajstić information content (AvgIpc) is 3.12. The molecule has 0 radical (unpaired) electrons. The van der Waals surface area contributed by atoms with E-state index in [1.807, 2.05) is 0 Å². The number of rotatable bonds is 6. The largest absolute Gasteiger partial charge is 0.310 e. The molecule has 0 fully saturated rings. The quantitative estimate of drug-likeness (QED) is 0.162. The van der Waals surface area contributed by atoms with E-state index < -0.39 is 0 Å². The topological polar surface area (TPSA) is 3.24 Å². The Morgan fingerprint density at radius 2 is 0.717 bits per heavy atom. The molecule has 0 unspecified atom stereocenters. The van der Waals surface area contributed by atoms with Crippen LogP contribution in [-0.4, -0.2) is 0 Å². The summed E-state index contributed by atoms with van der Waals surface area (Å²) in [4.78, 5) is 2.33. The number of para-hydroxylation sites is 1. The Balaban J connectivity index is 1.30. The number of anilines is 3. The summed E-state index contributed by atoms with van der Waals surface area (Å²) in [5.74, 6) is 0. The molecule has 0 bridgehead atoms. The minimum absolute atomic E-state index is 1.04. The van der Waals surface area contributed by atoms with Crippen molar-refractivity contribution in [3.05, 3.63) is 186 Å². The minimum atomic E-state index is 1.04. The van der Waals surface area contributed by atoms with Gasteiger partial charge in [0.05, 0.1) is 0 Å². The monoisotopic (exact) mass is 651 g/mol. The lowest BCUT2D eigenvalue weighted by atomic mass is 9.86. The molecule has 1 nitrogen and oxygen atoms in total. The van der Waals surface area contributed by atoms with Gasteiger partial charge in [-0.2, -0.15) is 0 Å². The molecule has 8 aromatic carbocycles. The molecular formula is C44H30BrN. The van der Waals surface area contributed by atoms with E-state index in [1.165, 1.54) is 54.9 Å². The molecular weight excluding hydrogens is 622 g/mol. The van der Waals surface area contributed by atoms with E-state index in [0.717, 1.165) is 21.5 Å². The lowest BCUT2D eigenvalue weighted by molar-refractivity contribution is 1.28. The first-order valence-electron chi connectivity index (χ1n) is 15.5. The Hall–Kier alpha value is -5.44. The second kappa shape index (κ2) is 12.2. The molecule has 0 atom stereocenters. The van der Waals surface area contributed by atoms with Crippen LogP contribution < -0.4 is 4.90 Å². The van der Waals surface area contributed by atoms with E-state index in [9.17, 15) is 0 Å². The van der Waals surface area contributed by atoms with E-state index in [4.69, 9.17) is 0 Å². The fourth-order valence-corrected chi connectivity index (χ4v) is 7.14. The third kappa shape index (κ3) is 5.17. The molecule has 0 heterocycles. The highest BCUT2D eigenvalue weighted by Crippen LogP contribution is 2.45. The second-order valence-electron chi connectivity index (χ2n) is 11.5. The maximum atomic E-state index is 3.81. The summed E-state index contributed by atoms with van der Waals surface area (Å²) in [6.45, 7) is 0. The van der Waals surface area contributed by atoms with Crippen molar-refractivity contribution in [2.45, 2.75) is 0 Å². The summed E-state index contributed by atoms with van der Waals surface area (Å²) in [7, 11) is 0. The maximum Gasteiger partial charge on any atom is 0.0479 e. The smallest absolute Gasteiger partial charge is 0.0479 e. The minimum Gasteiger partial charge on any atom is -0.310 e. The molecule has 0 aromatic heterocycles. The van der Waals surface area contributed by atoms with Gasteiger partial charge < -0.3 is 4.90 Å². The van der Waals surface area contributed by atoms with Gasteiger partial charge in [0, 0.05) is 21.5 Å². The van der Waals surface area contributed by atoms with Crippen LogP contribution in [0.3, 0.4) is 0 Å². The number of hydrogen-bond acceptors (Lipinski definition) is 1. The van der Waals surface area contributed by atoms with Gasteiger partial charge in [0.15, 0.2) is 0 Å². The highest BCUT2D eigenvalue weighted by Gasteiger charge is 2.18. The lowest BCUT2D eigenvalue weighted by Gasteiger charge is -2.26. The standard InChI is InChI=1S/C44H30BrN/c45-35-28-34(31-14-4-1-5-15-31)29-38(30-35)46(36-18-8-3-9-19-36)37-26-24-33(25-27-37)44-41-22-12-10-20-39(41)43(32-16-6-2-7-17-32)40-21-11-13-23-42(40)44/h1-30H. The number of benzene rings is 8. The van der Waals surface area contributed by atoms with Crippen molar-refractivity contribution in [3.63, 3.8) is 0 Å². The van der Waals surface area contributed by atoms with Gasteiger partial charge in [-0.1, -0.05) is 155 Å². The highest BCUT2D eigenvalue weighted by atomic mass is 79.9. The predicted octanol–water partition coefficient (Wildman–Crippen LogP) is 13.2. The van der Waals surface area contributed by atoms with E-state index in [-0.39, 0.29) is 0 Å². The molecule has 8 aromatic rings. The molecule has 0 saturated heterocycles. The molecule has 0 amide bonds. The van der Waals surface area contributed by atoms with E-state index in [1.54, 1.807) is 0 Å². The number of hydrogen-bond donors (Lipinski definition) is 0. The maximum absolute atomic E-state index is 3.81. The Kier molecular flexibility index (Phi) is 7.42. The van der Waals surface area contributed by atoms with Gasteiger partial charge in [-0.05, 0) is 97.4 Å². The van der Waals surface area contributed by atoms with Crippen LogP contribution in [0.25, 0.3) is 54.9 Å². The normalized spacial score (nSPS) is 11.2. The number of fused-ring (bicyclic) bond motifs is 2. The van der Waals surface area contributed by atoms with Crippen LogP contribution in [-0.2, 0) is 0 Å². The first kappa shape index (κ1) is 28.1. The van der Waals surface area contributed by atoms with Crippen molar-refractivity contribution < 1.29 is 0 Å². The lowest BCUT2D eigenvalue weighted by Crippen LogP contribution is -2.10. The molecule has 46 heavy (non-hydrogen) atoms. The van der Waals surface area contributed by atoms with Crippen molar-refractivity contribution in [1.82, 2.24) is 0 Å². The van der Waals surface area contributed by atoms with Crippen molar-refractivity contribution in [3.8, 4) is 33.4 Å². The average molecular weight is 653 g/mol. The molecule has 2 heteroatoms. The van der Waals surface area contributed by atoms with Crippen LogP contribution in [0.4, 0.5) is 17.1 Å². The van der Waals surface area contributed by atoms with Gasteiger partial charge in [0.25, 0.3) is 0 Å². The van der Waals surface area contributed by atoms with Gasteiger partial charge in [0.2, 0.25) is 0 Å². The van der Waals surface area contributed by atoms with Crippen molar-refractivity contribution in [2.75, 3.05) is 4.90 Å². The molecule has 0 aliphatic heterocycles. The van der Waals surface area contributed by atoms with Gasteiger partial charge in [0.1, 0.15) is 0 Å². The second-order valence-corrected chi connectivity index (χ2v) is 12.4. The Labute approximate surface area is 278 Å². The molecule has 8 rings (SSSR count). The van der Waals surface area contributed by atoms with Crippen molar-refractivity contribution >= 4 is 54.5 Å². The van der Waals surface area contributed by atoms with Gasteiger partial charge >= 0.3 is 0 Å². The number of nitrogens with zero attached hydrogens (tertiary/aromatic N) is 1. The summed E-state index contributed by atoms with van der Waals surface area (Å²) in [5.41, 5.74) is 10.6. The third-order valence-corrected chi connectivity index (χ3v) is 9.13. The van der Waals surface area contributed by atoms with Crippen LogP contribution in [0.1, 0.15) is 0 Å². The van der Waals surface area contributed by atoms with Crippen molar-refractivity contribution in [2.24, 2.45) is 0 Å². The first-order valence-corrected chi connectivity index (χ1v) is 16.3. The van der Waals surface area contributed by atoms with Crippen LogP contribution in [0.5, 0.6) is 0 Å². The van der Waals surface area contributed by atoms with Crippen LogP contribution in [0.15, 0.2) is 186 Å². The van der Waals surface area contributed by atoms with E-state index >= 15 is 0 Å². The Morgan fingerprint density at radius 3 is 1.24 bits per heavy atom. The summed E-state index contributed by atoms with van der Waals surface area (Å²) < 4.78 is 1.04. The summed E-state index contributed by atoms with van der Waals surface area (Å²) in [6, 6.07) is 65.2. The summed E-state index contributed by atoms with van der Waals surface area (Å²) in [6.07, 6.45) is 0.